The predicted molar refractivity (Wildman–Crippen MR) is 110 cm³/mol. The number of nitrogens with one attached hydrogen (secondary N) is 1. The first-order valence-corrected chi connectivity index (χ1v) is 12.1. The summed E-state index contributed by atoms with van der Waals surface area (Å²) >= 11 is 1.53. The van der Waals surface area contributed by atoms with Crippen molar-refractivity contribution in [1.82, 2.24) is 9.29 Å². The molecule has 1 atom stereocenters. The number of hydrogen-bond donors (Lipinski definition) is 1. The molecule has 0 spiro atoms. The molecule has 1 fully saturated rings. The first-order valence-electron chi connectivity index (χ1n) is 9.83. The van der Waals surface area contributed by atoms with Crippen LogP contribution in [0.2, 0.25) is 0 Å². The van der Waals surface area contributed by atoms with Gasteiger partial charge < -0.3 is 5.32 Å². The van der Waals surface area contributed by atoms with Crippen molar-refractivity contribution in [2.45, 2.75) is 62.8 Å². The number of hydrogen-bond acceptors (Lipinski definition) is 5. The van der Waals surface area contributed by atoms with Crippen LogP contribution in [-0.4, -0.2) is 36.2 Å². The Morgan fingerprint density at radius 1 is 1.14 bits per heavy atom. The number of sulfonamides is 1. The van der Waals surface area contributed by atoms with E-state index in [0.717, 1.165) is 36.9 Å². The maximum Gasteiger partial charge on any atom is 0.244 e. The zero-order chi connectivity index (χ0) is 19.7. The summed E-state index contributed by atoms with van der Waals surface area (Å²) < 4.78 is 27.4. The van der Waals surface area contributed by atoms with E-state index in [1.165, 1.54) is 26.9 Å². The Morgan fingerprint density at radius 3 is 2.68 bits per heavy atom. The SMILES string of the molecule is Cc1ccc(S(=O)(=O)N2CCCC2C(=O)Nc2nc3c(s2)CCCCC3)cc1. The Bertz CT molecular complexity index is 944. The number of carbonyl (C=O) groups is 1. The van der Waals surface area contributed by atoms with Crippen LogP contribution in [0.3, 0.4) is 0 Å². The van der Waals surface area contributed by atoms with Gasteiger partial charge in [0.2, 0.25) is 15.9 Å². The molecule has 2 aromatic rings. The van der Waals surface area contributed by atoms with Crippen LogP contribution in [0.25, 0.3) is 0 Å². The van der Waals surface area contributed by atoms with E-state index in [1.54, 1.807) is 24.3 Å². The van der Waals surface area contributed by atoms with Gasteiger partial charge in [-0.1, -0.05) is 24.1 Å². The first-order chi connectivity index (χ1) is 13.4. The summed E-state index contributed by atoms with van der Waals surface area (Å²) in [7, 11) is -3.69. The third kappa shape index (κ3) is 3.86. The van der Waals surface area contributed by atoms with Gasteiger partial charge in [-0.15, -0.1) is 11.3 Å². The monoisotopic (exact) mass is 419 g/mol. The summed E-state index contributed by atoms with van der Waals surface area (Å²) in [6, 6.07) is 6.09. The van der Waals surface area contributed by atoms with Crippen molar-refractivity contribution in [2.75, 3.05) is 11.9 Å². The lowest BCUT2D eigenvalue weighted by molar-refractivity contribution is -0.119. The molecule has 1 unspecified atom stereocenters. The van der Waals surface area contributed by atoms with Crippen LogP contribution in [-0.2, 0) is 27.7 Å². The molecule has 4 rings (SSSR count). The number of benzene rings is 1. The Kier molecular flexibility index (Phi) is 5.53. The van der Waals surface area contributed by atoms with Crippen LogP contribution in [0.15, 0.2) is 29.2 Å². The fraction of sp³-hybridized carbons (Fsp3) is 0.500. The van der Waals surface area contributed by atoms with Gasteiger partial charge in [-0.3, -0.25) is 4.79 Å². The average molecular weight is 420 g/mol. The highest BCUT2D eigenvalue weighted by Crippen LogP contribution is 2.31. The molecule has 0 radical (unpaired) electrons. The Morgan fingerprint density at radius 2 is 1.89 bits per heavy atom. The molecule has 2 heterocycles. The molecule has 1 amide bonds. The maximum atomic E-state index is 13.0. The van der Waals surface area contributed by atoms with Gasteiger partial charge in [-0.2, -0.15) is 4.31 Å². The lowest BCUT2D eigenvalue weighted by Crippen LogP contribution is -2.43. The molecule has 1 aliphatic carbocycles. The molecule has 1 aliphatic heterocycles. The minimum atomic E-state index is -3.69. The number of nitrogens with zero attached hydrogens (tertiary/aromatic N) is 2. The van der Waals surface area contributed by atoms with E-state index >= 15 is 0 Å². The highest BCUT2D eigenvalue weighted by atomic mass is 32.2. The first kappa shape index (κ1) is 19.5. The normalized spacial score (nSPS) is 20.5. The quantitative estimate of drug-likeness (QED) is 0.769. The minimum Gasteiger partial charge on any atom is -0.301 e. The van der Waals surface area contributed by atoms with Crippen molar-refractivity contribution in [1.29, 1.82) is 0 Å². The van der Waals surface area contributed by atoms with Crippen LogP contribution in [0.5, 0.6) is 0 Å². The number of carbonyl (C=O) groups excluding carboxylic acids is 1. The van der Waals surface area contributed by atoms with Crippen LogP contribution < -0.4 is 5.32 Å². The van der Waals surface area contributed by atoms with Crippen molar-refractivity contribution in [2.24, 2.45) is 0 Å². The third-order valence-electron chi connectivity index (χ3n) is 5.46. The number of aromatic nitrogens is 1. The fourth-order valence-corrected chi connectivity index (χ4v) is 6.62. The molecule has 1 N–H and O–H groups in total. The van der Waals surface area contributed by atoms with Gasteiger partial charge >= 0.3 is 0 Å². The average Bonchev–Trinajstić information content (AvgIpc) is 3.25. The van der Waals surface area contributed by atoms with Crippen molar-refractivity contribution in [3.63, 3.8) is 0 Å². The summed E-state index contributed by atoms with van der Waals surface area (Å²) in [4.78, 5) is 19.0. The molecule has 8 heteroatoms. The minimum absolute atomic E-state index is 0.235. The van der Waals surface area contributed by atoms with E-state index in [2.05, 4.69) is 10.3 Å². The van der Waals surface area contributed by atoms with E-state index in [-0.39, 0.29) is 10.8 Å². The van der Waals surface area contributed by atoms with Gasteiger partial charge in [0.15, 0.2) is 5.13 Å². The van der Waals surface area contributed by atoms with Gasteiger partial charge in [0.1, 0.15) is 6.04 Å². The molecule has 1 saturated heterocycles. The standard InChI is InChI=1S/C20H25N3O3S2/c1-14-9-11-15(12-10-14)28(25,26)23-13-5-7-17(23)19(24)22-20-21-16-6-3-2-4-8-18(16)27-20/h9-12,17H,2-8,13H2,1H3,(H,21,22,24). The Balaban J connectivity index is 1.51. The van der Waals surface area contributed by atoms with Crippen molar-refractivity contribution >= 4 is 32.4 Å². The number of thiazole rings is 1. The molecular formula is C20H25N3O3S2. The molecule has 6 nitrogen and oxygen atoms in total. The van der Waals surface area contributed by atoms with Crippen LogP contribution in [0.1, 0.15) is 48.2 Å². The Hall–Kier alpha value is -1.77. The second kappa shape index (κ2) is 7.93. The fourth-order valence-electron chi connectivity index (χ4n) is 3.91. The zero-order valence-corrected chi connectivity index (χ0v) is 17.6. The summed E-state index contributed by atoms with van der Waals surface area (Å²) in [5.41, 5.74) is 2.09. The van der Waals surface area contributed by atoms with E-state index in [0.29, 0.717) is 24.5 Å². The highest BCUT2D eigenvalue weighted by Gasteiger charge is 2.39. The van der Waals surface area contributed by atoms with E-state index in [1.807, 2.05) is 6.92 Å². The van der Waals surface area contributed by atoms with Crippen molar-refractivity contribution < 1.29 is 13.2 Å². The summed E-state index contributed by atoms with van der Waals surface area (Å²) in [6.07, 6.45) is 6.70. The van der Waals surface area contributed by atoms with Gasteiger partial charge in [-0.25, -0.2) is 13.4 Å². The largest absolute Gasteiger partial charge is 0.301 e. The summed E-state index contributed by atoms with van der Waals surface area (Å²) in [5, 5.41) is 3.48. The molecule has 1 aromatic heterocycles. The molecule has 0 bridgehead atoms. The van der Waals surface area contributed by atoms with Crippen molar-refractivity contribution in [3.05, 3.63) is 40.4 Å². The van der Waals surface area contributed by atoms with Crippen LogP contribution >= 0.6 is 11.3 Å². The van der Waals surface area contributed by atoms with E-state index < -0.39 is 16.1 Å². The second-order valence-electron chi connectivity index (χ2n) is 7.53. The molecular weight excluding hydrogens is 394 g/mol. The molecule has 28 heavy (non-hydrogen) atoms. The summed E-state index contributed by atoms with van der Waals surface area (Å²) in [6.45, 7) is 2.28. The predicted octanol–water partition coefficient (Wildman–Crippen LogP) is 3.51. The Labute approximate surface area is 170 Å². The summed E-state index contributed by atoms with van der Waals surface area (Å²) in [5.74, 6) is -0.280. The van der Waals surface area contributed by atoms with Crippen molar-refractivity contribution in [3.8, 4) is 0 Å². The molecule has 0 saturated carbocycles. The third-order valence-corrected chi connectivity index (χ3v) is 8.45. The van der Waals surface area contributed by atoms with Gasteiger partial charge in [0.25, 0.3) is 0 Å². The highest BCUT2D eigenvalue weighted by molar-refractivity contribution is 7.89. The number of rotatable bonds is 4. The van der Waals surface area contributed by atoms with Gasteiger partial charge in [0, 0.05) is 11.4 Å². The maximum absolute atomic E-state index is 13.0. The molecule has 1 aromatic carbocycles. The number of fused-ring (bicyclic) bond motifs is 1. The number of anilines is 1. The number of aryl methyl sites for hydroxylation is 3. The zero-order valence-electron chi connectivity index (χ0n) is 16.0. The van der Waals surface area contributed by atoms with Crippen LogP contribution in [0, 0.1) is 6.92 Å². The lowest BCUT2D eigenvalue weighted by atomic mass is 10.2. The van der Waals surface area contributed by atoms with Gasteiger partial charge in [-0.05, 0) is 57.6 Å². The van der Waals surface area contributed by atoms with E-state index in [9.17, 15) is 13.2 Å². The lowest BCUT2D eigenvalue weighted by Gasteiger charge is -2.23. The van der Waals surface area contributed by atoms with E-state index in [4.69, 9.17) is 0 Å². The second-order valence-corrected chi connectivity index (χ2v) is 10.5. The molecule has 2 aliphatic rings. The molecule has 150 valence electrons. The van der Waals surface area contributed by atoms with Crippen LogP contribution in [0.4, 0.5) is 5.13 Å². The smallest absolute Gasteiger partial charge is 0.244 e. The topological polar surface area (TPSA) is 79.4 Å². The number of amides is 1. The van der Waals surface area contributed by atoms with Gasteiger partial charge in [0.05, 0.1) is 10.6 Å².